The normalized spacial score (nSPS) is 16.6. The van der Waals surface area contributed by atoms with Gasteiger partial charge in [0.05, 0.1) is 33.3 Å². The quantitative estimate of drug-likeness (QED) is 0.181. The summed E-state index contributed by atoms with van der Waals surface area (Å²) in [7, 11) is 0. The summed E-state index contributed by atoms with van der Waals surface area (Å²) in [6.45, 7) is 2.32. The summed E-state index contributed by atoms with van der Waals surface area (Å²) in [6.07, 6.45) is 13.7. The average Bonchev–Trinajstić information content (AvgIpc) is 3.79. The van der Waals surface area contributed by atoms with Crippen molar-refractivity contribution in [3.05, 3.63) is 194 Å². The Morgan fingerprint density at radius 3 is 2.11 bits per heavy atom. The number of hydrogen-bond donors (Lipinski definition) is 0. The number of fused-ring (bicyclic) bond motifs is 10. The molecule has 10 aromatic rings. The maximum atomic E-state index is 5.35. The zero-order valence-corrected chi connectivity index (χ0v) is 31.3. The number of rotatable bonds is 4. The first-order chi connectivity index (χ1) is 28.2. The van der Waals surface area contributed by atoms with E-state index in [1.807, 2.05) is 6.07 Å². The Labute approximate surface area is 329 Å². The fourth-order valence-electron chi connectivity index (χ4n) is 9.51. The fourth-order valence-corrected chi connectivity index (χ4v) is 9.51. The van der Waals surface area contributed by atoms with Gasteiger partial charge >= 0.3 is 0 Å². The van der Waals surface area contributed by atoms with Crippen LogP contribution in [0.3, 0.4) is 0 Å². The molecule has 2 aliphatic rings. The number of nitrogens with zero attached hydrogens (tertiary/aromatic N) is 4. The van der Waals surface area contributed by atoms with Gasteiger partial charge in [0.25, 0.3) is 0 Å². The minimum atomic E-state index is 0.360. The van der Waals surface area contributed by atoms with E-state index < -0.39 is 0 Å². The molecule has 0 amide bonds. The monoisotopic (exact) mass is 728 g/mol. The Hall–Kier alpha value is -7.30. The van der Waals surface area contributed by atoms with Crippen LogP contribution in [0.25, 0.3) is 99.3 Å². The lowest BCUT2D eigenvalue weighted by Gasteiger charge is -2.29. The predicted octanol–water partition coefficient (Wildman–Crippen LogP) is 13.5. The molecule has 57 heavy (non-hydrogen) atoms. The summed E-state index contributed by atoms with van der Waals surface area (Å²) in [4.78, 5) is 10.6. The topological polar surface area (TPSA) is 35.6 Å². The van der Waals surface area contributed by atoms with Crippen molar-refractivity contribution in [3.63, 3.8) is 0 Å². The van der Waals surface area contributed by atoms with Crippen molar-refractivity contribution < 1.29 is 0 Å². The van der Waals surface area contributed by atoms with E-state index in [4.69, 9.17) is 9.97 Å². The van der Waals surface area contributed by atoms with E-state index in [1.54, 1.807) is 0 Å². The molecule has 0 aliphatic heterocycles. The molecule has 0 bridgehead atoms. The molecule has 3 heterocycles. The molecule has 0 saturated carbocycles. The number of aromatic nitrogens is 4. The molecule has 268 valence electrons. The highest BCUT2D eigenvalue weighted by Gasteiger charge is 2.26. The average molecular weight is 729 g/mol. The van der Waals surface area contributed by atoms with Crippen molar-refractivity contribution in [2.75, 3.05) is 0 Å². The number of benzene rings is 7. The minimum absolute atomic E-state index is 0.360. The highest BCUT2D eigenvalue weighted by molar-refractivity contribution is 6.22. The fraction of sp³-hybridized carbons (Fsp3) is 0.0566. The van der Waals surface area contributed by atoms with Crippen LogP contribution in [0.15, 0.2) is 194 Å². The van der Waals surface area contributed by atoms with Gasteiger partial charge in [-0.25, -0.2) is 9.97 Å². The van der Waals surface area contributed by atoms with Crippen LogP contribution in [-0.4, -0.2) is 19.1 Å². The van der Waals surface area contributed by atoms with Gasteiger partial charge in [-0.2, -0.15) is 0 Å². The van der Waals surface area contributed by atoms with Crippen molar-refractivity contribution in [2.24, 2.45) is 11.8 Å². The molecule has 4 nitrogen and oxygen atoms in total. The molecule has 2 unspecified atom stereocenters. The smallest absolute Gasteiger partial charge is 0.235 e. The SMILES string of the molecule is CC1C=CC(n2c3ccccc3c3ccc(-c4ccc5c(c4)c4c6ccccc6ccc4n5-c4nc(-c5ccccc5)c5ccccc5n4)cc32)=C2C=CC=CC21. The van der Waals surface area contributed by atoms with Crippen LogP contribution in [0.4, 0.5) is 0 Å². The Morgan fingerprint density at radius 1 is 0.474 bits per heavy atom. The van der Waals surface area contributed by atoms with Gasteiger partial charge in [-0.3, -0.25) is 4.57 Å². The van der Waals surface area contributed by atoms with Crippen molar-refractivity contribution in [1.82, 2.24) is 19.1 Å². The van der Waals surface area contributed by atoms with Gasteiger partial charge in [-0.05, 0) is 75.9 Å². The molecule has 2 atom stereocenters. The largest absolute Gasteiger partial charge is 0.309 e. The molecule has 12 rings (SSSR count). The van der Waals surface area contributed by atoms with Gasteiger partial charge in [-0.15, -0.1) is 0 Å². The van der Waals surface area contributed by atoms with E-state index in [9.17, 15) is 0 Å². The summed E-state index contributed by atoms with van der Waals surface area (Å²) in [5, 5.41) is 8.36. The van der Waals surface area contributed by atoms with Crippen LogP contribution in [0.1, 0.15) is 6.92 Å². The first kappa shape index (κ1) is 32.0. The van der Waals surface area contributed by atoms with Gasteiger partial charge in [0.15, 0.2) is 0 Å². The summed E-state index contributed by atoms with van der Waals surface area (Å²) in [6, 6.07) is 54.7. The standard InChI is InChI=1S/C53H36N4/c1-33-23-28-47(40-18-8-7-16-38(33)40)56-46-22-12-10-19-41(46)42-27-24-37(32-50(42)56)36-26-29-48-44(31-36)51-39-17-6-5-13-34(39)25-30-49(51)57(48)53-54-45-21-11-9-20-43(45)52(55-53)35-14-3-2-4-15-35/h2-33,38H,1H3. The van der Waals surface area contributed by atoms with Crippen LogP contribution in [0.5, 0.6) is 0 Å². The van der Waals surface area contributed by atoms with Crippen molar-refractivity contribution >= 4 is 71.0 Å². The Bertz CT molecular complexity index is 3430. The lowest BCUT2D eigenvalue weighted by atomic mass is 9.79. The van der Waals surface area contributed by atoms with Gasteiger partial charge in [-0.1, -0.05) is 153 Å². The minimum Gasteiger partial charge on any atom is -0.309 e. The molecular weight excluding hydrogens is 693 g/mol. The van der Waals surface area contributed by atoms with Gasteiger partial charge in [0.1, 0.15) is 0 Å². The van der Waals surface area contributed by atoms with Crippen LogP contribution in [0, 0.1) is 11.8 Å². The van der Waals surface area contributed by atoms with Crippen LogP contribution in [0.2, 0.25) is 0 Å². The maximum Gasteiger partial charge on any atom is 0.235 e. The van der Waals surface area contributed by atoms with Crippen LogP contribution < -0.4 is 0 Å². The molecule has 7 aromatic carbocycles. The number of para-hydroxylation sites is 2. The van der Waals surface area contributed by atoms with Crippen molar-refractivity contribution in [2.45, 2.75) is 6.92 Å². The van der Waals surface area contributed by atoms with E-state index in [1.165, 1.54) is 65.7 Å². The molecule has 3 aromatic heterocycles. The number of hydrogen-bond acceptors (Lipinski definition) is 2. The van der Waals surface area contributed by atoms with Crippen LogP contribution in [-0.2, 0) is 0 Å². The molecule has 0 N–H and O–H groups in total. The van der Waals surface area contributed by atoms with Crippen molar-refractivity contribution in [3.8, 4) is 28.3 Å². The van der Waals surface area contributed by atoms with E-state index in [-0.39, 0.29) is 0 Å². The second-order valence-electron chi connectivity index (χ2n) is 15.4. The lowest BCUT2D eigenvalue weighted by Crippen LogP contribution is -2.17. The summed E-state index contributed by atoms with van der Waals surface area (Å²) in [5.74, 6) is 1.47. The zero-order valence-electron chi connectivity index (χ0n) is 31.3. The third kappa shape index (κ3) is 4.80. The van der Waals surface area contributed by atoms with E-state index in [0.29, 0.717) is 17.8 Å². The van der Waals surface area contributed by atoms with Gasteiger partial charge in [0.2, 0.25) is 5.95 Å². The van der Waals surface area contributed by atoms with E-state index in [0.717, 1.165) is 33.2 Å². The summed E-state index contributed by atoms with van der Waals surface area (Å²) >= 11 is 0. The van der Waals surface area contributed by atoms with Gasteiger partial charge in [0, 0.05) is 44.1 Å². The van der Waals surface area contributed by atoms with Crippen molar-refractivity contribution in [1.29, 1.82) is 0 Å². The van der Waals surface area contributed by atoms with Crippen LogP contribution >= 0.6 is 0 Å². The highest BCUT2D eigenvalue weighted by Crippen LogP contribution is 2.43. The van der Waals surface area contributed by atoms with Gasteiger partial charge < -0.3 is 4.57 Å². The molecule has 0 radical (unpaired) electrons. The molecule has 4 heteroatoms. The third-order valence-corrected chi connectivity index (χ3v) is 12.2. The lowest BCUT2D eigenvalue weighted by molar-refractivity contribution is 0.582. The Balaban J connectivity index is 1.11. The molecule has 0 saturated heterocycles. The Morgan fingerprint density at radius 2 is 1.19 bits per heavy atom. The third-order valence-electron chi connectivity index (χ3n) is 12.2. The maximum absolute atomic E-state index is 5.35. The van der Waals surface area contributed by atoms with E-state index >= 15 is 0 Å². The molecule has 0 spiro atoms. The summed E-state index contributed by atoms with van der Waals surface area (Å²) < 4.78 is 4.75. The molecule has 2 aliphatic carbocycles. The predicted molar refractivity (Wildman–Crippen MR) is 239 cm³/mol. The number of allylic oxidation sites excluding steroid dienone is 8. The second kappa shape index (κ2) is 12.4. The molecular formula is C53H36N4. The first-order valence-corrected chi connectivity index (χ1v) is 19.8. The zero-order chi connectivity index (χ0) is 37.6. The Kier molecular flexibility index (Phi) is 6.93. The highest BCUT2D eigenvalue weighted by atomic mass is 15.2. The first-order valence-electron chi connectivity index (χ1n) is 19.8. The second-order valence-corrected chi connectivity index (χ2v) is 15.4. The molecule has 0 fully saturated rings. The summed E-state index contributed by atoms with van der Waals surface area (Å²) in [5.41, 5.74) is 12.5. The van der Waals surface area contributed by atoms with E-state index in [2.05, 4.69) is 198 Å².